The largest absolute Gasteiger partial charge is 0.399 e. The summed E-state index contributed by atoms with van der Waals surface area (Å²) >= 11 is 3.31. The fourth-order valence-electron chi connectivity index (χ4n) is 1.00. The minimum absolute atomic E-state index is 0.0985. The van der Waals surface area contributed by atoms with Gasteiger partial charge in [-0.3, -0.25) is 0 Å². The van der Waals surface area contributed by atoms with Crippen molar-refractivity contribution in [3.8, 4) is 0 Å². The van der Waals surface area contributed by atoms with E-state index < -0.39 is 16.5 Å². The summed E-state index contributed by atoms with van der Waals surface area (Å²) in [5, 5.41) is 9.08. The van der Waals surface area contributed by atoms with Crippen LogP contribution in [0, 0.1) is 0 Å². The van der Waals surface area contributed by atoms with E-state index in [0.29, 0.717) is 10.6 Å². The summed E-state index contributed by atoms with van der Waals surface area (Å²) in [6.07, 6.45) is 0. The van der Waals surface area contributed by atoms with Gasteiger partial charge in [-0.05, 0) is 48.0 Å². The van der Waals surface area contributed by atoms with Crippen molar-refractivity contribution in [3.05, 3.63) is 22.7 Å². The van der Waals surface area contributed by atoms with Crippen molar-refractivity contribution in [2.45, 2.75) is 24.3 Å². The molecule has 1 unspecified atom stereocenters. The van der Waals surface area contributed by atoms with Gasteiger partial charge in [0, 0.05) is 15.7 Å². The second-order valence-electron chi connectivity index (χ2n) is 4.10. The van der Waals surface area contributed by atoms with Gasteiger partial charge >= 0.3 is 0 Å². The van der Waals surface area contributed by atoms with Crippen LogP contribution in [0.3, 0.4) is 0 Å². The Morgan fingerprint density at radius 1 is 1.56 bits per heavy atom. The Bertz CT molecular complexity index is 410. The van der Waals surface area contributed by atoms with Gasteiger partial charge in [-0.2, -0.15) is 0 Å². The maximum absolute atomic E-state index is 12.0. The van der Waals surface area contributed by atoms with Gasteiger partial charge in [-0.1, -0.05) is 0 Å². The molecule has 0 heterocycles. The molecule has 0 spiro atoms. The van der Waals surface area contributed by atoms with E-state index in [2.05, 4.69) is 20.7 Å². The molecule has 1 aromatic carbocycles. The van der Waals surface area contributed by atoms with Crippen LogP contribution in [0.25, 0.3) is 0 Å². The number of aliphatic hydroxyl groups excluding tert-OH is 1. The molecule has 16 heavy (non-hydrogen) atoms. The first kappa shape index (κ1) is 13.6. The van der Waals surface area contributed by atoms with Crippen molar-refractivity contribution in [1.82, 2.24) is 4.72 Å². The number of nitrogens with one attached hydrogen (secondary N) is 1. The highest BCUT2D eigenvalue weighted by atomic mass is 79.9. The number of halogens is 1. The summed E-state index contributed by atoms with van der Waals surface area (Å²) in [6.45, 7) is 3.44. The van der Waals surface area contributed by atoms with E-state index in [0.717, 1.165) is 4.47 Å². The number of benzene rings is 1. The number of rotatable bonds is 4. The third-order valence-electron chi connectivity index (χ3n) is 1.92. The van der Waals surface area contributed by atoms with Gasteiger partial charge in [-0.25, -0.2) is 8.93 Å². The van der Waals surface area contributed by atoms with Gasteiger partial charge in [-0.15, -0.1) is 0 Å². The van der Waals surface area contributed by atoms with E-state index in [-0.39, 0.29) is 6.61 Å². The molecule has 0 amide bonds. The summed E-state index contributed by atoms with van der Waals surface area (Å²) in [4.78, 5) is 0.571. The van der Waals surface area contributed by atoms with Crippen LogP contribution in [0.2, 0.25) is 0 Å². The van der Waals surface area contributed by atoms with Crippen molar-refractivity contribution in [2.75, 3.05) is 12.3 Å². The summed E-state index contributed by atoms with van der Waals surface area (Å²) in [5.74, 6) is 0. The molecule has 4 nitrogen and oxygen atoms in total. The van der Waals surface area contributed by atoms with Crippen LogP contribution >= 0.6 is 15.9 Å². The zero-order chi connectivity index (χ0) is 12.3. The number of anilines is 1. The molecule has 0 radical (unpaired) electrons. The molecule has 0 saturated heterocycles. The average Bonchev–Trinajstić information content (AvgIpc) is 2.21. The summed E-state index contributed by atoms with van der Waals surface area (Å²) in [6, 6.07) is 5.11. The molecular formula is C10H15BrN2O2S. The Labute approximate surface area is 106 Å². The van der Waals surface area contributed by atoms with Crippen molar-refractivity contribution in [1.29, 1.82) is 0 Å². The fourth-order valence-corrected chi connectivity index (χ4v) is 2.85. The number of nitrogen functional groups attached to an aromatic ring is 1. The number of nitrogens with two attached hydrogens (primary N) is 1. The Morgan fingerprint density at radius 2 is 2.19 bits per heavy atom. The fraction of sp³-hybridized carbons (Fsp3) is 0.400. The highest BCUT2D eigenvalue weighted by molar-refractivity contribution is 9.10. The molecule has 0 aliphatic rings. The second-order valence-corrected chi connectivity index (χ2v) is 6.14. The maximum Gasteiger partial charge on any atom is 0.126 e. The minimum atomic E-state index is -1.41. The van der Waals surface area contributed by atoms with Crippen molar-refractivity contribution in [2.24, 2.45) is 0 Å². The second kappa shape index (κ2) is 5.27. The van der Waals surface area contributed by atoms with Crippen LogP contribution in [0.4, 0.5) is 5.69 Å². The molecule has 0 aliphatic heterocycles. The maximum atomic E-state index is 12.0. The molecule has 0 aliphatic carbocycles. The normalized spacial score (nSPS) is 13.8. The predicted molar refractivity (Wildman–Crippen MR) is 69.3 cm³/mol. The predicted octanol–water partition coefficient (Wildman–Crippen LogP) is 1.41. The molecule has 1 aromatic rings. The molecule has 90 valence electrons. The quantitative estimate of drug-likeness (QED) is 0.736. The molecule has 6 heteroatoms. The molecule has 0 aromatic heterocycles. The smallest absolute Gasteiger partial charge is 0.126 e. The first-order valence-corrected chi connectivity index (χ1v) is 6.65. The summed E-state index contributed by atoms with van der Waals surface area (Å²) < 4.78 is 15.5. The lowest BCUT2D eigenvalue weighted by Gasteiger charge is -2.22. The number of aliphatic hydroxyl groups is 1. The Hall–Kier alpha value is -0.430. The molecular weight excluding hydrogens is 292 g/mol. The van der Waals surface area contributed by atoms with E-state index in [1.54, 1.807) is 32.0 Å². The third kappa shape index (κ3) is 3.55. The van der Waals surface area contributed by atoms with Crippen LogP contribution in [0.5, 0.6) is 0 Å². The van der Waals surface area contributed by atoms with E-state index in [4.69, 9.17) is 10.8 Å². The van der Waals surface area contributed by atoms with Crippen molar-refractivity contribution < 1.29 is 9.32 Å². The summed E-state index contributed by atoms with van der Waals surface area (Å²) in [5.41, 5.74) is 5.58. The lowest BCUT2D eigenvalue weighted by Crippen LogP contribution is -2.43. The first-order valence-electron chi connectivity index (χ1n) is 4.71. The molecule has 0 saturated carbocycles. The minimum Gasteiger partial charge on any atom is -0.399 e. The lowest BCUT2D eigenvalue weighted by atomic mass is 10.1. The molecule has 1 rings (SSSR count). The Kier molecular flexibility index (Phi) is 4.49. The van der Waals surface area contributed by atoms with Crippen LogP contribution in [-0.2, 0) is 11.0 Å². The van der Waals surface area contributed by atoms with Gasteiger partial charge in [0.2, 0.25) is 0 Å². The lowest BCUT2D eigenvalue weighted by molar-refractivity contribution is 0.210. The Balaban J connectivity index is 2.93. The van der Waals surface area contributed by atoms with Gasteiger partial charge < -0.3 is 10.8 Å². The molecule has 1 atom stereocenters. The van der Waals surface area contributed by atoms with Crippen LogP contribution in [0.1, 0.15) is 13.8 Å². The number of hydrogen-bond donors (Lipinski definition) is 3. The third-order valence-corrected chi connectivity index (χ3v) is 4.35. The monoisotopic (exact) mass is 306 g/mol. The van der Waals surface area contributed by atoms with E-state index in [1.165, 1.54) is 0 Å². The van der Waals surface area contributed by atoms with Crippen LogP contribution in [0.15, 0.2) is 27.6 Å². The average molecular weight is 307 g/mol. The molecule has 0 bridgehead atoms. The first-order chi connectivity index (χ1) is 7.35. The van der Waals surface area contributed by atoms with Gasteiger partial charge in [0.05, 0.1) is 11.5 Å². The SMILES string of the molecule is CC(C)(CO)NS(=O)c1cc(N)ccc1Br. The topological polar surface area (TPSA) is 75.3 Å². The van der Waals surface area contributed by atoms with Crippen molar-refractivity contribution >= 4 is 32.6 Å². The molecule has 4 N–H and O–H groups in total. The van der Waals surface area contributed by atoms with Gasteiger partial charge in [0.25, 0.3) is 0 Å². The number of hydrogen-bond acceptors (Lipinski definition) is 3. The van der Waals surface area contributed by atoms with Gasteiger partial charge in [0.15, 0.2) is 0 Å². The van der Waals surface area contributed by atoms with Crippen LogP contribution in [-0.4, -0.2) is 21.5 Å². The zero-order valence-electron chi connectivity index (χ0n) is 9.16. The highest BCUT2D eigenvalue weighted by Crippen LogP contribution is 2.23. The van der Waals surface area contributed by atoms with E-state index >= 15 is 0 Å². The Morgan fingerprint density at radius 3 is 2.75 bits per heavy atom. The van der Waals surface area contributed by atoms with Gasteiger partial charge in [0.1, 0.15) is 11.0 Å². The summed E-state index contributed by atoms with van der Waals surface area (Å²) in [7, 11) is -1.41. The molecule has 0 fully saturated rings. The van der Waals surface area contributed by atoms with E-state index in [9.17, 15) is 4.21 Å². The van der Waals surface area contributed by atoms with Crippen LogP contribution < -0.4 is 10.5 Å². The standard InChI is InChI=1S/C10H15BrN2O2S/c1-10(2,6-14)13-16(15)9-5-7(12)3-4-8(9)11/h3-5,13-14H,6,12H2,1-2H3. The zero-order valence-corrected chi connectivity index (χ0v) is 11.6. The highest BCUT2D eigenvalue weighted by Gasteiger charge is 2.20. The van der Waals surface area contributed by atoms with Crippen molar-refractivity contribution in [3.63, 3.8) is 0 Å². The van der Waals surface area contributed by atoms with E-state index in [1.807, 2.05) is 0 Å².